The molecule has 2 aliphatic carbocycles. The van der Waals surface area contributed by atoms with Crippen molar-refractivity contribution in [1.29, 1.82) is 0 Å². The van der Waals surface area contributed by atoms with Gasteiger partial charge in [-0.3, -0.25) is 14.5 Å². The van der Waals surface area contributed by atoms with Crippen molar-refractivity contribution in [2.75, 3.05) is 4.90 Å². The number of fused-ring (bicyclic) bond motifs is 5. The molecule has 0 unspecified atom stereocenters. The maximum Gasteiger partial charge on any atom is 0.238 e. The number of hydrogen-bond donors (Lipinski definition) is 1. The third kappa shape index (κ3) is 1.62. The maximum absolute atomic E-state index is 12.7. The first-order chi connectivity index (χ1) is 10.6. The molecule has 2 bridgehead atoms. The molecule has 0 spiro atoms. The number of nitrogens with zero attached hydrogens (tertiary/aromatic N) is 2. The van der Waals surface area contributed by atoms with Crippen molar-refractivity contribution in [2.45, 2.75) is 13.3 Å². The van der Waals surface area contributed by atoms with Crippen LogP contribution in [0, 0.1) is 23.7 Å². The molecule has 4 atom stereocenters. The summed E-state index contributed by atoms with van der Waals surface area (Å²) in [7, 11) is 0. The van der Waals surface area contributed by atoms with Crippen LogP contribution in [0.15, 0.2) is 41.6 Å². The number of allylic oxidation sites excluding steroid dienone is 2. The predicted octanol–water partition coefficient (Wildman–Crippen LogP) is 2.20. The van der Waals surface area contributed by atoms with Crippen LogP contribution < -0.4 is 4.90 Å². The Morgan fingerprint density at radius 2 is 1.64 bits per heavy atom. The molecule has 0 aromatic heterocycles. The topological polar surface area (TPSA) is 70.0 Å². The molecule has 0 radical (unpaired) electrons. The van der Waals surface area contributed by atoms with Crippen LogP contribution in [0.5, 0.6) is 0 Å². The molecule has 1 saturated heterocycles. The van der Waals surface area contributed by atoms with Crippen molar-refractivity contribution in [3.8, 4) is 0 Å². The largest absolute Gasteiger partial charge is 0.411 e. The minimum absolute atomic E-state index is 0.0767. The minimum Gasteiger partial charge on any atom is -0.411 e. The SMILES string of the molecule is C/C(=N\O)c1ccc(N2C(=O)[C@@H]3[C@@H](C2=O)[C@H]2C=C[C@H]3C2)cc1. The maximum atomic E-state index is 12.7. The van der Waals surface area contributed by atoms with Crippen LogP contribution >= 0.6 is 0 Å². The predicted molar refractivity (Wildman–Crippen MR) is 80.6 cm³/mol. The van der Waals surface area contributed by atoms with Crippen LogP contribution in [-0.2, 0) is 9.59 Å². The molecule has 1 saturated carbocycles. The summed E-state index contributed by atoms with van der Waals surface area (Å²) in [6, 6.07) is 6.98. The highest BCUT2D eigenvalue weighted by atomic mass is 16.4. The van der Waals surface area contributed by atoms with Gasteiger partial charge in [-0.15, -0.1) is 0 Å². The molecule has 112 valence electrons. The number of benzene rings is 1. The molecule has 1 aliphatic heterocycles. The summed E-state index contributed by atoms with van der Waals surface area (Å²) < 4.78 is 0. The van der Waals surface area contributed by atoms with E-state index in [1.54, 1.807) is 31.2 Å². The van der Waals surface area contributed by atoms with Gasteiger partial charge >= 0.3 is 0 Å². The lowest BCUT2D eigenvalue weighted by Gasteiger charge is -2.17. The summed E-state index contributed by atoms with van der Waals surface area (Å²) in [5.74, 6) is -0.0656. The Hall–Kier alpha value is -2.43. The Kier molecular flexibility index (Phi) is 2.73. The van der Waals surface area contributed by atoms with Gasteiger partial charge in [-0.2, -0.15) is 0 Å². The van der Waals surface area contributed by atoms with Crippen LogP contribution in [0.25, 0.3) is 0 Å². The first kappa shape index (κ1) is 13.2. The van der Waals surface area contributed by atoms with E-state index in [-0.39, 0.29) is 35.5 Å². The van der Waals surface area contributed by atoms with Gasteiger partial charge in [0.1, 0.15) is 0 Å². The molecule has 1 heterocycles. The molecule has 2 fully saturated rings. The monoisotopic (exact) mass is 296 g/mol. The fourth-order valence-corrected chi connectivity index (χ4v) is 4.07. The first-order valence-corrected chi connectivity index (χ1v) is 7.47. The zero-order valence-electron chi connectivity index (χ0n) is 12.1. The summed E-state index contributed by atoms with van der Waals surface area (Å²) in [5, 5.41) is 11.9. The van der Waals surface area contributed by atoms with Crippen LogP contribution in [0.4, 0.5) is 5.69 Å². The van der Waals surface area contributed by atoms with Crippen molar-refractivity contribution in [2.24, 2.45) is 28.8 Å². The molecular formula is C17H16N2O3. The number of oxime groups is 1. The molecular weight excluding hydrogens is 280 g/mol. The van der Waals surface area contributed by atoms with Crippen molar-refractivity contribution >= 4 is 23.2 Å². The van der Waals surface area contributed by atoms with Crippen LogP contribution in [-0.4, -0.2) is 22.7 Å². The summed E-state index contributed by atoms with van der Waals surface area (Å²) >= 11 is 0. The summed E-state index contributed by atoms with van der Waals surface area (Å²) in [4.78, 5) is 26.7. The number of hydrogen-bond acceptors (Lipinski definition) is 4. The Balaban J connectivity index is 1.67. The fourth-order valence-electron chi connectivity index (χ4n) is 4.07. The lowest BCUT2D eigenvalue weighted by molar-refractivity contribution is -0.123. The zero-order valence-corrected chi connectivity index (χ0v) is 12.1. The Morgan fingerprint density at radius 3 is 2.14 bits per heavy atom. The summed E-state index contributed by atoms with van der Waals surface area (Å²) in [6.07, 6.45) is 5.11. The van der Waals surface area contributed by atoms with Gasteiger partial charge in [0.25, 0.3) is 0 Å². The average Bonchev–Trinajstić information content (AvgIpc) is 3.21. The summed E-state index contributed by atoms with van der Waals surface area (Å²) in [6.45, 7) is 1.69. The van der Waals surface area contributed by atoms with Crippen molar-refractivity contribution in [3.05, 3.63) is 42.0 Å². The molecule has 2 amide bonds. The van der Waals surface area contributed by atoms with E-state index in [1.165, 1.54) is 4.90 Å². The standard InChI is InChI=1S/C17H16N2O3/c1-9(18-22)10-4-6-13(7-5-10)19-16(20)14-11-2-3-12(8-11)15(14)17(19)21/h2-7,11-12,14-15,22H,8H2,1H3/b18-9+/t11-,12-,14-,15-/m0/s1. The molecule has 1 N–H and O–H groups in total. The molecule has 1 aromatic carbocycles. The number of rotatable bonds is 2. The second-order valence-corrected chi connectivity index (χ2v) is 6.24. The molecule has 22 heavy (non-hydrogen) atoms. The smallest absolute Gasteiger partial charge is 0.238 e. The third-order valence-corrected chi connectivity index (χ3v) is 5.16. The Bertz CT molecular complexity index is 690. The minimum atomic E-state index is -0.178. The number of carbonyl (C=O) groups excluding carboxylic acids is 2. The van der Waals surface area contributed by atoms with E-state index < -0.39 is 0 Å². The number of amides is 2. The molecule has 1 aromatic rings. The van der Waals surface area contributed by atoms with Crippen molar-refractivity contribution < 1.29 is 14.8 Å². The Labute approximate surface area is 127 Å². The van der Waals surface area contributed by atoms with Crippen LogP contribution in [0.1, 0.15) is 18.9 Å². The molecule has 5 heteroatoms. The highest BCUT2D eigenvalue weighted by molar-refractivity contribution is 6.22. The van der Waals surface area contributed by atoms with E-state index in [1.807, 2.05) is 0 Å². The van der Waals surface area contributed by atoms with Gasteiger partial charge in [0, 0.05) is 0 Å². The van der Waals surface area contributed by atoms with Crippen molar-refractivity contribution in [1.82, 2.24) is 0 Å². The highest BCUT2D eigenvalue weighted by Gasteiger charge is 2.59. The second-order valence-electron chi connectivity index (χ2n) is 6.24. The van der Waals surface area contributed by atoms with Gasteiger partial charge in [0.2, 0.25) is 11.8 Å². The lowest BCUT2D eigenvalue weighted by Crippen LogP contribution is -2.32. The van der Waals surface area contributed by atoms with E-state index >= 15 is 0 Å². The van der Waals surface area contributed by atoms with E-state index in [2.05, 4.69) is 17.3 Å². The quantitative estimate of drug-likeness (QED) is 0.299. The van der Waals surface area contributed by atoms with Crippen molar-refractivity contribution in [3.63, 3.8) is 0 Å². The van der Waals surface area contributed by atoms with Gasteiger partial charge < -0.3 is 5.21 Å². The van der Waals surface area contributed by atoms with Gasteiger partial charge in [-0.1, -0.05) is 29.4 Å². The van der Waals surface area contributed by atoms with Gasteiger partial charge in [0.15, 0.2) is 0 Å². The fraction of sp³-hybridized carbons (Fsp3) is 0.353. The summed E-state index contributed by atoms with van der Waals surface area (Å²) in [5.41, 5.74) is 1.84. The van der Waals surface area contributed by atoms with Crippen LogP contribution in [0.3, 0.4) is 0 Å². The first-order valence-electron chi connectivity index (χ1n) is 7.47. The van der Waals surface area contributed by atoms with E-state index in [4.69, 9.17) is 5.21 Å². The second kappa shape index (κ2) is 4.53. The zero-order chi connectivity index (χ0) is 15.4. The van der Waals surface area contributed by atoms with Crippen LogP contribution in [0.2, 0.25) is 0 Å². The Morgan fingerprint density at radius 1 is 1.09 bits per heavy atom. The molecule has 3 aliphatic rings. The van der Waals surface area contributed by atoms with Gasteiger partial charge in [-0.25, -0.2) is 0 Å². The van der Waals surface area contributed by atoms with E-state index in [9.17, 15) is 9.59 Å². The lowest BCUT2D eigenvalue weighted by atomic mass is 9.85. The van der Waals surface area contributed by atoms with E-state index in [0.29, 0.717) is 11.4 Å². The van der Waals surface area contributed by atoms with Gasteiger partial charge in [-0.05, 0) is 42.9 Å². The number of carbonyl (C=O) groups is 2. The average molecular weight is 296 g/mol. The van der Waals surface area contributed by atoms with Gasteiger partial charge in [0.05, 0.1) is 23.2 Å². The van der Waals surface area contributed by atoms with E-state index in [0.717, 1.165) is 12.0 Å². The molecule has 4 rings (SSSR count). The number of anilines is 1. The number of imide groups is 1. The highest BCUT2D eigenvalue weighted by Crippen LogP contribution is 2.53. The molecule has 5 nitrogen and oxygen atoms in total. The normalized spacial score (nSPS) is 33.0. The third-order valence-electron chi connectivity index (χ3n) is 5.16.